The molecule has 45 heavy (non-hydrogen) atoms. The summed E-state index contributed by atoms with van der Waals surface area (Å²) in [5.41, 5.74) is 1.38. The molecular weight excluding hydrogens is 695 g/mol. The molecule has 0 aliphatic rings. The van der Waals surface area contributed by atoms with E-state index >= 15 is 0 Å². The Hall–Kier alpha value is -0.610. The SMILES string of the molecule is CCCCCCCCc1ccc(OCCOCCOCCOCCOCCOCCOCCOCCOCCOCCI)cc1. The number of unbranched alkanes of at least 4 members (excludes halogenated alkanes) is 5. The van der Waals surface area contributed by atoms with Gasteiger partial charge >= 0.3 is 0 Å². The van der Waals surface area contributed by atoms with Crippen LogP contribution in [0.1, 0.15) is 51.0 Å². The van der Waals surface area contributed by atoms with E-state index in [0.29, 0.717) is 119 Å². The van der Waals surface area contributed by atoms with Crippen LogP contribution in [0.15, 0.2) is 24.3 Å². The molecule has 0 unspecified atom stereocenters. The van der Waals surface area contributed by atoms with Crippen LogP contribution >= 0.6 is 22.6 Å². The van der Waals surface area contributed by atoms with Crippen LogP contribution in [-0.2, 0) is 49.1 Å². The Kier molecular flexibility index (Phi) is 34.1. The largest absolute Gasteiger partial charge is 0.491 e. The Morgan fingerprint density at radius 3 is 1.11 bits per heavy atom. The van der Waals surface area contributed by atoms with Gasteiger partial charge in [0.05, 0.1) is 119 Å². The van der Waals surface area contributed by atoms with Crippen LogP contribution in [0.4, 0.5) is 0 Å². The summed E-state index contributed by atoms with van der Waals surface area (Å²) in [6.07, 6.45) is 9.11. The van der Waals surface area contributed by atoms with Gasteiger partial charge in [0.2, 0.25) is 0 Å². The number of rotatable bonds is 37. The lowest BCUT2D eigenvalue weighted by molar-refractivity contribution is -0.0251. The highest BCUT2D eigenvalue weighted by atomic mass is 127. The zero-order valence-electron chi connectivity index (χ0n) is 27.9. The first kappa shape index (κ1) is 42.4. The highest BCUT2D eigenvalue weighted by Crippen LogP contribution is 2.15. The summed E-state index contributed by atoms with van der Waals surface area (Å²) in [5, 5.41) is 0. The molecule has 0 heterocycles. The molecule has 10 nitrogen and oxygen atoms in total. The maximum absolute atomic E-state index is 5.77. The molecule has 1 rings (SSSR count). The van der Waals surface area contributed by atoms with Gasteiger partial charge in [-0.3, -0.25) is 0 Å². The Labute approximate surface area is 286 Å². The topological polar surface area (TPSA) is 92.3 Å². The zero-order chi connectivity index (χ0) is 32.1. The molecule has 0 amide bonds. The molecule has 0 fully saturated rings. The van der Waals surface area contributed by atoms with Crippen molar-refractivity contribution in [1.29, 1.82) is 0 Å². The maximum Gasteiger partial charge on any atom is 0.119 e. The third-order valence-electron chi connectivity index (χ3n) is 6.44. The number of alkyl halides is 1. The van der Waals surface area contributed by atoms with E-state index in [4.69, 9.17) is 47.4 Å². The van der Waals surface area contributed by atoms with Crippen molar-refractivity contribution in [3.63, 3.8) is 0 Å². The summed E-state index contributed by atoms with van der Waals surface area (Å²) in [6.45, 7) is 12.8. The molecule has 0 saturated heterocycles. The fourth-order valence-electron chi connectivity index (χ4n) is 4.00. The van der Waals surface area contributed by atoms with Crippen molar-refractivity contribution in [2.75, 3.05) is 130 Å². The van der Waals surface area contributed by atoms with E-state index in [-0.39, 0.29) is 0 Å². The van der Waals surface area contributed by atoms with Gasteiger partial charge in [0.25, 0.3) is 0 Å². The molecule has 0 radical (unpaired) electrons. The second-order valence-corrected chi connectivity index (χ2v) is 11.3. The second kappa shape index (κ2) is 36.2. The van der Waals surface area contributed by atoms with Gasteiger partial charge in [0.15, 0.2) is 0 Å². The minimum Gasteiger partial charge on any atom is -0.491 e. The summed E-state index contributed by atoms with van der Waals surface area (Å²) >= 11 is 2.28. The van der Waals surface area contributed by atoms with Gasteiger partial charge in [-0.1, -0.05) is 73.8 Å². The maximum atomic E-state index is 5.77. The van der Waals surface area contributed by atoms with E-state index in [1.807, 2.05) is 0 Å². The summed E-state index contributed by atoms with van der Waals surface area (Å²) in [6, 6.07) is 8.44. The predicted molar refractivity (Wildman–Crippen MR) is 185 cm³/mol. The lowest BCUT2D eigenvalue weighted by atomic mass is 10.0. The highest BCUT2D eigenvalue weighted by molar-refractivity contribution is 14.1. The molecule has 1 aromatic rings. The summed E-state index contributed by atoms with van der Waals surface area (Å²) in [4.78, 5) is 0. The third kappa shape index (κ3) is 31.7. The number of halogens is 1. The van der Waals surface area contributed by atoms with Crippen LogP contribution in [0.25, 0.3) is 0 Å². The standard InChI is InChI=1S/C34H61IO10/c1-2-3-4-5-6-7-8-33-9-11-34(12-10-33)45-32-31-44-30-29-43-28-27-42-26-25-41-24-23-40-22-21-39-20-19-38-18-17-37-16-15-36-14-13-35/h9-12H,2-8,13-32H2,1H3. The Morgan fingerprint density at radius 2 is 0.733 bits per heavy atom. The minimum atomic E-state index is 0.525. The van der Waals surface area contributed by atoms with Crippen LogP contribution in [0.3, 0.4) is 0 Å². The number of hydrogen-bond acceptors (Lipinski definition) is 10. The van der Waals surface area contributed by atoms with E-state index < -0.39 is 0 Å². The van der Waals surface area contributed by atoms with Gasteiger partial charge in [-0.15, -0.1) is 0 Å². The minimum absolute atomic E-state index is 0.525. The van der Waals surface area contributed by atoms with Gasteiger partial charge in [-0.25, -0.2) is 0 Å². The molecule has 0 N–H and O–H groups in total. The molecule has 0 aromatic heterocycles. The summed E-state index contributed by atoms with van der Waals surface area (Å²) in [5.74, 6) is 0.889. The lowest BCUT2D eigenvalue weighted by Crippen LogP contribution is -2.15. The Bertz CT molecular complexity index is 698. The van der Waals surface area contributed by atoms with Gasteiger partial charge in [0, 0.05) is 4.43 Å². The van der Waals surface area contributed by atoms with E-state index in [0.717, 1.165) is 23.2 Å². The molecule has 0 aliphatic carbocycles. The normalized spacial score (nSPS) is 11.4. The quantitative estimate of drug-likeness (QED) is 0.0489. The van der Waals surface area contributed by atoms with Gasteiger partial charge < -0.3 is 47.4 Å². The fraction of sp³-hybridized carbons (Fsp3) is 0.824. The first-order valence-corrected chi connectivity index (χ1v) is 18.4. The summed E-state index contributed by atoms with van der Waals surface area (Å²) in [7, 11) is 0. The van der Waals surface area contributed by atoms with Gasteiger partial charge in [0.1, 0.15) is 12.4 Å². The first-order chi connectivity index (χ1) is 22.4. The smallest absolute Gasteiger partial charge is 0.119 e. The number of benzene rings is 1. The zero-order valence-corrected chi connectivity index (χ0v) is 30.0. The van der Waals surface area contributed by atoms with Crippen molar-refractivity contribution in [3.8, 4) is 5.75 Å². The predicted octanol–water partition coefficient (Wildman–Crippen LogP) is 5.55. The van der Waals surface area contributed by atoms with Crippen molar-refractivity contribution < 1.29 is 47.4 Å². The highest BCUT2D eigenvalue weighted by Gasteiger charge is 1.99. The molecule has 0 bridgehead atoms. The van der Waals surface area contributed by atoms with Crippen LogP contribution in [0, 0.1) is 0 Å². The van der Waals surface area contributed by atoms with E-state index in [1.165, 1.54) is 44.1 Å². The average Bonchev–Trinajstić information content (AvgIpc) is 3.06. The van der Waals surface area contributed by atoms with E-state index in [2.05, 4.69) is 53.8 Å². The van der Waals surface area contributed by atoms with Gasteiger partial charge in [-0.05, 0) is 30.5 Å². The van der Waals surface area contributed by atoms with Crippen molar-refractivity contribution in [1.82, 2.24) is 0 Å². The molecule has 0 spiro atoms. The van der Waals surface area contributed by atoms with Crippen LogP contribution in [0.5, 0.6) is 5.75 Å². The fourth-order valence-corrected chi connectivity index (χ4v) is 4.31. The van der Waals surface area contributed by atoms with Crippen LogP contribution < -0.4 is 4.74 Å². The number of ether oxygens (including phenoxy) is 10. The average molecular weight is 757 g/mol. The van der Waals surface area contributed by atoms with Crippen molar-refractivity contribution in [2.45, 2.75) is 51.9 Å². The molecule has 0 saturated carbocycles. The number of aryl methyl sites for hydroxylation is 1. The number of hydrogen-bond donors (Lipinski definition) is 0. The molecule has 0 atom stereocenters. The van der Waals surface area contributed by atoms with Gasteiger partial charge in [-0.2, -0.15) is 0 Å². The molecule has 264 valence electrons. The molecule has 11 heteroatoms. The molecular formula is C34H61IO10. The van der Waals surface area contributed by atoms with E-state index in [9.17, 15) is 0 Å². The lowest BCUT2D eigenvalue weighted by Gasteiger charge is -2.09. The van der Waals surface area contributed by atoms with Crippen molar-refractivity contribution in [2.24, 2.45) is 0 Å². The third-order valence-corrected chi connectivity index (χ3v) is 6.88. The van der Waals surface area contributed by atoms with Crippen molar-refractivity contribution >= 4 is 22.6 Å². The molecule has 0 aliphatic heterocycles. The monoisotopic (exact) mass is 756 g/mol. The van der Waals surface area contributed by atoms with Crippen molar-refractivity contribution in [3.05, 3.63) is 29.8 Å². The second-order valence-electron chi connectivity index (χ2n) is 10.2. The Balaban J connectivity index is 1.71. The molecule has 1 aromatic carbocycles. The Morgan fingerprint density at radius 1 is 0.400 bits per heavy atom. The van der Waals surface area contributed by atoms with Crippen LogP contribution in [0.2, 0.25) is 0 Å². The van der Waals surface area contributed by atoms with Crippen LogP contribution in [-0.4, -0.2) is 130 Å². The summed E-state index contributed by atoms with van der Waals surface area (Å²) < 4.78 is 56.0. The van der Waals surface area contributed by atoms with E-state index in [1.54, 1.807) is 0 Å². The first-order valence-electron chi connectivity index (χ1n) is 16.8.